The van der Waals surface area contributed by atoms with E-state index < -0.39 is 6.04 Å². The summed E-state index contributed by atoms with van der Waals surface area (Å²) in [5.74, 6) is -0.204. The van der Waals surface area contributed by atoms with Gasteiger partial charge in [-0.05, 0) is 31.9 Å². The Morgan fingerprint density at radius 1 is 1.17 bits per heavy atom. The number of para-hydroxylation sites is 1. The monoisotopic (exact) mass is 328 g/mol. The number of hydrogen-bond acceptors (Lipinski definition) is 4. The fourth-order valence-electron chi connectivity index (χ4n) is 3.18. The van der Waals surface area contributed by atoms with Crippen LogP contribution in [0.1, 0.15) is 45.4 Å². The summed E-state index contributed by atoms with van der Waals surface area (Å²) in [5.41, 5.74) is 3.57. The Morgan fingerprint density at radius 3 is 2.50 bits per heavy atom. The Kier molecular flexibility index (Phi) is 5.13. The number of amides is 2. The number of hydrazine groups is 1. The summed E-state index contributed by atoms with van der Waals surface area (Å²) in [6.45, 7) is 1.71. The van der Waals surface area contributed by atoms with Crippen molar-refractivity contribution in [3.8, 4) is 0 Å². The van der Waals surface area contributed by atoms with E-state index in [0.717, 1.165) is 25.7 Å². The van der Waals surface area contributed by atoms with Gasteiger partial charge in [0.15, 0.2) is 0 Å². The van der Waals surface area contributed by atoms with Gasteiger partial charge in [0.2, 0.25) is 5.84 Å². The smallest absolute Gasteiger partial charge is 0.288 e. The zero-order valence-corrected chi connectivity index (χ0v) is 14.0. The number of hydrogen-bond donors (Lipinski definition) is 2. The summed E-state index contributed by atoms with van der Waals surface area (Å²) in [7, 11) is 0. The average Bonchev–Trinajstić information content (AvgIpc) is 2.86. The number of nitrogens with zero attached hydrogens (tertiary/aromatic N) is 2. The molecule has 3 rings (SSSR count). The predicted octanol–water partition coefficient (Wildman–Crippen LogP) is 2.16. The summed E-state index contributed by atoms with van der Waals surface area (Å²) in [6.07, 6.45) is 6.79. The van der Waals surface area contributed by atoms with Gasteiger partial charge in [-0.2, -0.15) is 0 Å². The van der Waals surface area contributed by atoms with Crippen molar-refractivity contribution in [2.45, 2.75) is 57.5 Å². The van der Waals surface area contributed by atoms with Crippen LogP contribution in [0.15, 0.2) is 35.3 Å². The molecule has 1 atom stereocenters. The van der Waals surface area contributed by atoms with Gasteiger partial charge in [0.1, 0.15) is 6.04 Å². The number of carbonyl (C=O) groups excluding carboxylic acids is 2. The molecule has 0 spiro atoms. The molecule has 6 heteroatoms. The lowest BCUT2D eigenvalue weighted by Crippen LogP contribution is -2.58. The molecule has 1 fully saturated rings. The first-order valence-electron chi connectivity index (χ1n) is 8.69. The van der Waals surface area contributed by atoms with Crippen LogP contribution in [-0.2, 0) is 9.59 Å². The first kappa shape index (κ1) is 16.5. The molecule has 1 aliphatic carbocycles. The third kappa shape index (κ3) is 3.75. The Labute approximate surface area is 142 Å². The Balaban J connectivity index is 1.71. The molecular formula is C18H24N4O2. The summed E-state index contributed by atoms with van der Waals surface area (Å²) in [4.78, 5) is 29.1. The summed E-state index contributed by atoms with van der Waals surface area (Å²) >= 11 is 0. The summed E-state index contributed by atoms with van der Waals surface area (Å²) in [5, 5.41) is 4.47. The van der Waals surface area contributed by atoms with Crippen molar-refractivity contribution in [2.24, 2.45) is 4.99 Å². The molecular weight excluding hydrogens is 304 g/mol. The number of rotatable bonds is 3. The number of nitrogens with one attached hydrogen (secondary N) is 2. The molecule has 1 aromatic carbocycles. The number of anilines is 1. The molecule has 1 heterocycles. The van der Waals surface area contributed by atoms with E-state index in [1.807, 2.05) is 30.3 Å². The lowest BCUT2D eigenvalue weighted by atomic mass is 10.1. The van der Waals surface area contributed by atoms with E-state index in [0.29, 0.717) is 5.69 Å². The zero-order chi connectivity index (χ0) is 16.9. The molecule has 0 aromatic heterocycles. The molecule has 1 aromatic rings. The maximum Gasteiger partial charge on any atom is 0.288 e. The van der Waals surface area contributed by atoms with Crippen molar-refractivity contribution in [1.82, 2.24) is 10.7 Å². The molecule has 24 heavy (non-hydrogen) atoms. The minimum atomic E-state index is -0.582. The predicted molar refractivity (Wildman–Crippen MR) is 93.6 cm³/mol. The van der Waals surface area contributed by atoms with Gasteiger partial charge in [-0.15, -0.1) is 0 Å². The van der Waals surface area contributed by atoms with Crippen LogP contribution in [0.2, 0.25) is 0 Å². The highest BCUT2D eigenvalue weighted by atomic mass is 16.2. The van der Waals surface area contributed by atoms with Crippen LogP contribution in [0.3, 0.4) is 0 Å². The topological polar surface area (TPSA) is 73.8 Å². The van der Waals surface area contributed by atoms with E-state index in [1.54, 1.807) is 6.92 Å². The Morgan fingerprint density at radius 2 is 1.83 bits per heavy atom. The highest BCUT2D eigenvalue weighted by Gasteiger charge is 2.31. The second kappa shape index (κ2) is 7.47. The van der Waals surface area contributed by atoms with E-state index in [1.165, 1.54) is 17.9 Å². The van der Waals surface area contributed by atoms with E-state index >= 15 is 0 Å². The molecule has 6 nitrogen and oxygen atoms in total. The summed E-state index contributed by atoms with van der Waals surface area (Å²) in [6, 6.07) is 8.85. The van der Waals surface area contributed by atoms with Crippen molar-refractivity contribution in [1.29, 1.82) is 0 Å². The van der Waals surface area contributed by atoms with Crippen molar-refractivity contribution >= 4 is 23.3 Å². The minimum Gasteiger partial charge on any atom is -0.347 e. The van der Waals surface area contributed by atoms with Gasteiger partial charge in [0, 0.05) is 6.04 Å². The number of carbonyl (C=O) groups is 2. The Bertz CT molecular complexity index is 621. The Hall–Kier alpha value is -2.37. The molecule has 2 amide bonds. The molecule has 0 unspecified atom stereocenters. The largest absolute Gasteiger partial charge is 0.347 e. The second-order valence-corrected chi connectivity index (χ2v) is 6.44. The highest BCUT2D eigenvalue weighted by molar-refractivity contribution is 6.39. The number of benzene rings is 1. The van der Waals surface area contributed by atoms with Gasteiger partial charge in [-0.3, -0.25) is 15.0 Å². The molecule has 1 aliphatic heterocycles. The van der Waals surface area contributed by atoms with Crippen molar-refractivity contribution < 1.29 is 9.59 Å². The van der Waals surface area contributed by atoms with Gasteiger partial charge in [-0.1, -0.05) is 43.9 Å². The van der Waals surface area contributed by atoms with Gasteiger partial charge in [0.25, 0.3) is 11.8 Å². The third-order valence-electron chi connectivity index (χ3n) is 4.54. The van der Waals surface area contributed by atoms with Crippen LogP contribution >= 0.6 is 0 Å². The van der Waals surface area contributed by atoms with Crippen LogP contribution in [0.25, 0.3) is 0 Å². The molecule has 2 N–H and O–H groups in total. The molecule has 1 saturated carbocycles. The second-order valence-electron chi connectivity index (χ2n) is 6.44. The highest BCUT2D eigenvalue weighted by Crippen LogP contribution is 2.18. The van der Waals surface area contributed by atoms with Crippen LogP contribution in [0, 0.1) is 0 Å². The van der Waals surface area contributed by atoms with E-state index in [-0.39, 0.29) is 23.7 Å². The van der Waals surface area contributed by atoms with E-state index in [4.69, 9.17) is 0 Å². The van der Waals surface area contributed by atoms with Crippen LogP contribution in [-0.4, -0.2) is 29.7 Å². The lowest BCUT2D eigenvalue weighted by molar-refractivity contribution is -0.120. The number of amidine groups is 1. The minimum absolute atomic E-state index is 0.174. The molecule has 0 bridgehead atoms. The van der Waals surface area contributed by atoms with Crippen LogP contribution in [0.5, 0.6) is 0 Å². The maximum absolute atomic E-state index is 12.6. The fourth-order valence-corrected chi connectivity index (χ4v) is 3.18. The van der Waals surface area contributed by atoms with E-state index in [9.17, 15) is 9.59 Å². The first-order valence-corrected chi connectivity index (χ1v) is 8.69. The zero-order valence-electron chi connectivity index (χ0n) is 14.0. The SMILES string of the molecule is C[C@H]1N=C(C(=O)NC2CCCCCC2)NN(c2ccccc2)C1=O. The standard InChI is InChI=1S/C18H24N4O2/c1-13-18(24)22(15-11-7-4-8-12-15)21-16(19-13)17(23)20-14-9-5-2-3-6-10-14/h4,7-8,11-14H,2-3,5-6,9-10H2,1H3,(H,19,21)(H,20,23)/t13-/m1/s1. The normalized spacial score (nSPS) is 22.4. The average molecular weight is 328 g/mol. The molecule has 2 aliphatic rings. The van der Waals surface area contributed by atoms with Gasteiger partial charge < -0.3 is 5.32 Å². The fraction of sp³-hybridized carbons (Fsp3) is 0.500. The third-order valence-corrected chi connectivity index (χ3v) is 4.54. The van der Waals surface area contributed by atoms with Gasteiger partial charge in [0.05, 0.1) is 5.69 Å². The molecule has 0 radical (unpaired) electrons. The maximum atomic E-state index is 12.6. The first-order chi connectivity index (χ1) is 11.6. The van der Waals surface area contributed by atoms with Crippen molar-refractivity contribution in [3.05, 3.63) is 30.3 Å². The van der Waals surface area contributed by atoms with Crippen LogP contribution in [0.4, 0.5) is 5.69 Å². The quantitative estimate of drug-likeness (QED) is 0.835. The van der Waals surface area contributed by atoms with Crippen molar-refractivity contribution in [3.63, 3.8) is 0 Å². The van der Waals surface area contributed by atoms with Crippen molar-refractivity contribution in [2.75, 3.05) is 5.01 Å². The number of aliphatic imine (C=N–C) groups is 1. The van der Waals surface area contributed by atoms with Gasteiger partial charge >= 0.3 is 0 Å². The van der Waals surface area contributed by atoms with Crippen LogP contribution < -0.4 is 15.8 Å². The summed E-state index contributed by atoms with van der Waals surface area (Å²) < 4.78 is 0. The molecule has 128 valence electrons. The molecule has 0 saturated heterocycles. The van der Waals surface area contributed by atoms with Gasteiger partial charge in [-0.25, -0.2) is 10.0 Å². The van der Waals surface area contributed by atoms with E-state index in [2.05, 4.69) is 15.7 Å². The lowest BCUT2D eigenvalue weighted by Gasteiger charge is -2.31.